The van der Waals surface area contributed by atoms with Gasteiger partial charge in [-0.1, -0.05) is 135 Å². The van der Waals surface area contributed by atoms with E-state index in [-0.39, 0.29) is 22.1 Å². The lowest BCUT2D eigenvalue weighted by molar-refractivity contribution is -0.177. The number of nitrogens with one attached hydrogen (secondary N) is 2. The van der Waals surface area contributed by atoms with Gasteiger partial charge in [0.25, 0.3) is 0 Å². The van der Waals surface area contributed by atoms with E-state index in [4.69, 9.17) is 14.5 Å². The number of phenolic OH excluding ortho intramolecular Hbond substituents is 1. The molecule has 362 valence electrons. The number of anilines is 2. The van der Waals surface area contributed by atoms with E-state index in [1.54, 1.807) is 44.2 Å². The van der Waals surface area contributed by atoms with Crippen LogP contribution in [0.25, 0.3) is 10.2 Å². The number of urea groups is 1. The third-order valence-corrected chi connectivity index (χ3v) is 15.4. The highest BCUT2D eigenvalue weighted by molar-refractivity contribution is 7.22. The molecule has 15 heteroatoms. The lowest BCUT2D eigenvalue weighted by atomic mass is 9.65. The van der Waals surface area contributed by atoms with Crippen LogP contribution in [0, 0.1) is 23.7 Å². The van der Waals surface area contributed by atoms with Crippen molar-refractivity contribution in [3.05, 3.63) is 155 Å². The number of morpholine rings is 1. The quantitative estimate of drug-likeness (QED) is 0.0650. The first-order chi connectivity index (χ1) is 34.3. The molecule has 1 aliphatic carbocycles. The summed E-state index contributed by atoms with van der Waals surface area (Å²) in [4.78, 5) is 84.1. The molecule has 10 rings (SSSR count). The van der Waals surface area contributed by atoms with Crippen molar-refractivity contribution < 1.29 is 43.7 Å². The number of ether oxygens (including phenoxy) is 2. The molecule has 71 heavy (non-hydrogen) atoms. The first-order valence-electron chi connectivity index (χ1n) is 24.0. The van der Waals surface area contributed by atoms with Gasteiger partial charge in [-0.25, -0.2) is 19.5 Å². The fraction of sp³-hybridized carbons (Fsp3) is 0.321. The molecule has 6 aromatic rings. The van der Waals surface area contributed by atoms with Crippen molar-refractivity contribution in [3.63, 3.8) is 0 Å². The predicted octanol–water partition coefficient (Wildman–Crippen LogP) is 8.65. The second-order valence-corrected chi connectivity index (χ2v) is 20.1. The van der Waals surface area contributed by atoms with Crippen LogP contribution in [-0.4, -0.2) is 74.7 Å². The van der Waals surface area contributed by atoms with Crippen molar-refractivity contribution in [2.75, 3.05) is 17.3 Å². The number of aliphatic hydroxyl groups is 1. The van der Waals surface area contributed by atoms with E-state index >= 15 is 19.2 Å². The number of carbonyl (C=O) groups is 5. The third kappa shape index (κ3) is 8.39. The second kappa shape index (κ2) is 19.1. The minimum Gasteiger partial charge on any atom is -0.508 e. The fourth-order valence-corrected chi connectivity index (χ4v) is 12.1. The molecule has 1 spiro atoms. The Morgan fingerprint density at radius 3 is 2.15 bits per heavy atom. The summed E-state index contributed by atoms with van der Waals surface area (Å²) in [6.45, 7) is 3.46. The number of carbonyl (C=O) groups excluding carboxylic acids is 5. The van der Waals surface area contributed by atoms with E-state index in [2.05, 4.69) is 22.5 Å². The van der Waals surface area contributed by atoms with Gasteiger partial charge in [0.05, 0.1) is 41.0 Å². The maximum atomic E-state index is 16.7. The summed E-state index contributed by atoms with van der Waals surface area (Å²) in [6, 6.07) is 31.4. The number of para-hydroxylation sites is 1. The number of methoxy groups -OCH3 is 1. The smallest absolute Gasteiger partial charge is 0.329 e. The van der Waals surface area contributed by atoms with Gasteiger partial charge in [0.2, 0.25) is 11.8 Å². The molecule has 4 heterocycles. The van der Waals surface area contributed by atoms with Crippen LogP contribution in [0.4, 0.5) is 15.6 Å². The van der Waals surface area contributed by atoms with Gasteiger partial charge >= 0.3 is 18.0 Å². The number of fused-ring (bicyclic) bond motifs is 4. The topological polar surface area (TPSA) is 188 Å². The van der Waals surface area contributed by atoms with Crippen LogP contribution < -0.4 is 15.5 Å². The SMILES string of the molecule is COC(=O)C(NC(=O)N1C(=O)C2(c3cc(C#CC4(O)CCCCCC4)ccc31)C(C(=O)Nc1nc3ccccc3s1)C1C(=O)OC(c3ccccc3)C(c3ccccc3)N1C2c1ccc(O)cc1)C(C)C. The van der Waals surface area contributed by atoms with Crippen LogP contribution in [0.2, 0.25) is 0 Å². The molecule has 3 fully saturated rings. The van der Waals surface area contributed by atoms with E-state index in [9.17, 15) is 15.0 Å². The average Bonchev–Trinajstić information content (AvgIpc) is 3.95. The van der Waals surface area contributed by atoms with Crippen molar-refractivity contribution >= 4 is 62.2 Å². The number of hydrogen-bond donors (Lipinski definition) is 4. The molecule has 0 bridgehead atoms. The number of aromatic nitrogens is 1. The Balaban J connectivity index is 1.27. The molecular formula is C56H53N5O9S. The zero-order valence-electron chi connectivity index (χ0n) is 39.4. The maximum Gasteiger partial charge on any atom is 0.329 e. The van der Waals surface area contributed by atoms with Gasteiger partial charge in [0, 0.05) is 5.56 Å². The van der Waals surface area contributed by atoms with E-state index in [1.807, 2.05) is 89.8 Å². The molecule has 2 saturated heterocycles. The molecule has 0 radical (unpaired) electrons. The Morgan fingerprint density at radius 2 is 1.49 bits per heavy atom. The molecule has 1 saturated carbocycles. The van der Waals surface area contributed by atoms with Crippen molar-refractivity contribution in [2.24, 2.45) is 11.8 Å². The van der Waals surface area contributed by atoms with Crippen LogP contribution in [0.1, 0.15) is 98.4 Å². The predicted molar refractivity (Wildman–Crippen MR) is 267 cm³/mol. The summed E-state index contributed by atoms with van der Waals surface area (Å²) in [7, 11) is 1.21. The Labute approximate surface area is 415 Å². The molecule has 4 amide bonds. The number of imide groups is 1. The maximum absolute atomic E-state index is 16.7. The van der Waals surface area contributed by atoms with Crippen molar-refractivity contribution in [1.29, 1.82) is 0 Å². The molecule has 5 aromatic carbocycles. The Morgan fingerprint density at radius 1 is 0.831 bits per heavy atom. The van der Waals surface area contributed by atoms with Crippen LogP contribution in [0.5, 0.6) is 5.75 Å². The highest BCUT2D eigenvalue weighted by atomic mass is 32.1. The number of thiazole rings is 1. The summed E-state index contributed by atoms with van der Waals surface area (Å²) in [5.74, 6) is 1.02. The summed E-state index contributed by atoms with van der Waals surface area (Å²) in [6.07, 6.45) is 3.57. The van der Waals surface area contributed by atoms with Gasteiger partial charge in [0.15, 0.2) is 5.13 Å². The number of hydrogen-bond acceptors (Lipinski definition) is 12. The molecule has 7 atom stereocenters. The number of phenols is 1. The number of amides is 4. The second-order valence-electron chi connectivity index (χ2n) is 19.1. The highest BCUT2D eigenvalue weighted by Crippen LogP contribution is 2.66. The summed E-state index contributed by atoms with van der Waals surface area (Å²) in [5.41, 5.74) is -0.338. The van der Waals surface area contributed by atoms with Crippen LogP contribution in [-0.2, 0) is 34.1 Å². The standard InChI is InChI=1S/C56H53N5O9S/c1-33(2)44(50(64)69-3)58-54(67)60-41-27-22-34(28-31-55(68)29-14-4-5-15-30-55)32-39(41)56(52(60)66)43(49(63)59-53-57-40-20-12-13-21-42(40)71-53)46-51(65)70-47(36-18-10-7-11-19-36)45(35-16-8-6-9-17-35)61(46)48(56)37-23-25-38(62)26-24-37/h6-13,16-27,32-33,43-48,62,68H,4-5,14-15,29-30H2,1-3H3,(H,58,67)(H,57,59,63). The Hall–Kier alpha value is -7.38. The molecular weight excluding hydrogens is 919 g/mol. The number of benzene rings is 5. The zero-order valence-corrected chi connectivity index (χ0v) is 40.2. The molecule has 4 N–H and O–H groups in total. The number of aromatic hydroxyl groups is 1. The Bertz CT molecular complexity index is 3060. The van der Waals surface area contributed by atoms with Crippen LogP contribution in [0.3, 0.4) is 0 Å². The lowest BCUT2D eigenvalue weighted by Gasteiger charge is -2.46. The molecule has 14 nitrogen and oxygen atoms in total. The highest BCUT2D eigenvalue weighted by Gasteiger charge is 2.75. The first kappa shape index (κ1) is 47.3. The number of rotatable bonds is 8. The average molecular weight is 972 g/mol. The lowest BCUT2D eigenvalue weighted by Crippen LogP contribution is -2.57. The van der Waals surface area contributed by atoms with Gasteiger partial charge in [0.1, 0.15) is 35.0 Å². The van der Waals surface area contributed by atoms with Crippen LogP contribution in [0.15, 0.2) is 127 Å². The van der Waals surface area contributed by atoms with E-state index in [0.717, 1.165) is 35.3 Å². The van der Waals surface area contributed by atoms with Gasteiger partial charge in [-0.05, 0) is 96.3 Å². The largest absolute Gasteiger partial charge is 0.508 e. The molecule has 1 aromatic heterocycles. The number of nitrogens with zero attached hydrogens (tertiary/aromatic N) is 3. The van der Waals surface area contributed by atoms with Crippen molar-refractivity contribution in [3.8, 4) is 17.6 Å². The summed E-state index contributed by atoms with van der Waals surface area (Å²) in [5, 5.41) is 28.6. The molecule has 3 aliphatic heterocycles. The van der Waals surface area contributed by atoms with Crippen molar-refractivity contribution in [1.82, 2.24) is 15.2 Å². The summed E-state index contributed by atoms with van der Waals surface area (Å²) < 4.78 is 12.5. The van der Waals surface area contributed by atoms with E-state index < -0.39 is 82.9 Å². The van der Waals surface area contributed by atoms with Gasteiger partial charge in [-0.15, -0.1) is 0 Å². The minimum atomic E-state index is -2.16. The van der Waals surface area contributed by atoms with Gasteiger partial charge < -0.3 is 30.3 Å². The first-order valence-corrected chi connectivity index (χ1v) is 24.8. The normalized spacial score (nSPS) is 24.0. The van der Waals surface area contributed by atoms with Gasteiger partial charge in [-0.2, -0.15) is 0 Å². The summed E-state index contributed by atoms with van der Waals surface area (Å²) >= 11 is 1.22. The third-order valence-electron chi connectivity index (χ3n) is 14.4. The van der Waals surface area contributed by atoms with Crippen LogP contribution >= 0.6 is 11.3 Å². The molecule has 7 unspecified atom stereocenters. The van der Waals surface area contributed by atoms with E-state index in [0.29, 0.717) is 40.6 Å². The number of esters is 2. The monoisotopic (exact) mass is 971 g/mol. The van der Waals surface area contributed by atoms with Gasteiger partial charge in [-0.3, -0.25) is 19.3 Å². The van der Waals surface area contributed by atoms with E-state index in [1.165, 1.54) is 30.6 Å². The number of cyclic esters (lactones) is 1. The Kier molecular flexibility index (Phi) is 12.7. The zero-order chi connectivity index (χ0) is 49.6. The van der Waals surface area contributed by atoms with Crippen molar-refractivity contribution in [2.45, 2.75) is 93.7 Å². The minimum absolute atomic E-state index is 0.0713. The molecule has 4 aliphatic rings. The fourth-order valence-electron chi connectivity index (χ4n) is 11.2.